The van der Waals surface area contributed by atoms with Gasteiger partial charge in [0.25, 0.3) is 0 Å². The van der Waals surface area contributed by atoms with Crippen molar-refractivity contribution < 1.29 is 9.53 Å². The smallest absolute Gasteiger partial charge is 0.314 e. The van der Waals surface area contributed by atoms with E-state index in [9.17, 15) is 4.79 Å². The summed E-state index contributed by atoms with van der Waals surface area (Å²) in [5, 5.41) is 0. The molecule has 0 amide bonds. The molecule has 0 radical (unpaired) electrons. The number of hydrogen-bond acceptors (Lipinski definition) is 2. The van der Waals surface area contributed by atoms with E-state index in [0.717, 1.165) is 37.7 Å². The number of carbonyl (C=O) groups is 1. The summed E-state index contributed by atoms with van der Waals surface area (Å²) in [6.45, 7) is 6.35. The molecule has 0 bridgehead atoms. The van der Waals surface area contributed by atoms with Crippen LogP contribution in [0.25, 0.3) is 11.1 Å². The van der Waals surface area contributed by atoms with E-state index in [-0.39, 0.29) is 11.9 Å². The fourth-order valence-corrected chi connectivity index (χ4v) is 3.54. The van der Waals surface area contributed by atoms with Crippen LogP contribution >= 0.6 is 0 Å². The highest BCUT2D eigenvalue weighted by Crippen LogP contribution is 2.29. The number of ether oxygens (including phenoxy) is 1. The van der Waals surface area contributed by atoms with Crippen molar-refractivity contribution in [3.63, 3.8) is 0 Å². The Balaban J connectivity index is 1.53. The second-order valence-electron chi connectivity index (χ2n) is 7.97. The Bertz CT molecular complexity index is 850. The Morgan fingerprint density at radius 1 is 1.04 bits per heavy atom. The molecule has 0 aromatic heterocycles. The van der Waals surface area contributed by atoms with Gasteiger partial charge in [-0.05, 0) is 76.1 Å². The monoisotopic (exact) mass is 374 g/mol. The fraction of sp³-hybridized carbons (Fsp3) is 0.346. The maximum absolute atomic E-state index is 12.5. The highest BCUT2D eigenvalue weighted by molar-refractivity contribution is 5.76. The Morgan fingerprint density at radius 3 is 2.25 bits per heavy atom. The van der Waals surface area contributed by atoms with E-state index in [1.807, 2.05) is 24.3 Å². The van der Waals surface area contributed by atoms with E-state index in [1.165, 1.54) is 22.3 Å². The highest BCUT2D eigenvalue weighted by Gasteiger charge is 2.23. The zero-order valence-electron chi connectivity index (χ0n) is 17.2. The molecule has 1 aliphatic carbocycles. The third-order valence-electron chi connectivity index (χ3n) is 5.31. The van der Waals surface area contributed by atoms with E-state index in [0.29, 0.717) is 5.75 Å². The first-order valence-electron chi connectivity index (χ1n) is 10.2. The number of allylic oxidation sites excluding steroid dienone is 4. The Morgan fingerprint density at radius 2 is 1.68 bits per heavy atom. The van der Waals surface area contributed by atoms with Gasteiger partial charge in [-0.15, -0.1) is 0 Å². The van der Waals surface area contributed by atoms with Crippen LogP contribution in [0.4, 0.5) is 0 Å². The van der Waals surface area contributed by atoms with Gasteiger partial charge in [-0.1, -0.05) is 65.3 Å². The molecule has 146 valence electrons. The lowest BCUT2D eigenvalue weighted by Gasteiger charge is -2.20. The lowest BCUT2D eigenvalue weighted by Crippen LogP contribution is -2.22. The van der Waals surface area contributed by atoms with Crippen LogP contribution in [0.15, 0.2) is 71.8 Å². The molecule has 2 aromatic rings. The first-order chi connectivity index (χ1) is 13.5. The highest BCUT2D eigenvalue weighted by atomic mass is 16.5. The standard InChI is InChI=1S/C26H30O2/c1-19(2)5-4-6-21-9-13-24(14-10-21)26(27)28-25-17-15-23(16-18-25)22-11-7-20(3)8-12-22/h5,7-9,11-12,15-18,24H,4,6,10,13-14H2,1-3H3. The molecular formula is C26H30O2. The average molecular weight is 375 g/mol. The molecule has 0 N–H and O–H groups in total. The Labute approximate surface area is 168 Å². The largest absolute Gasteiger partial charge is 0.426 e. The number of rotatable bonds is 6. The summed E-state index contributed by atoms with van der Waals surface area (Å²) in [5.74, 6) is 0.492. The van der Waals surface area contributed by atoms with E-state index < -0.39 is 0 Å². The van der Waals surface area contributed by atoms with Crippen molar-refractivity contribution in [3.8, 4) is 16.9 Å². The number of benzene rings is 2. The normalized spacial score (nSPS) is 16.2. The van der Waals surface area contributed by atoms with Gasteiger partial charge in [0.2, 0.25) is 0 Å². The third-order valence-corrected chi connectivity index (χ3v) is 5.31. The molecule has 0 heterocycles. The summed E-state index contributed by atoms with van der Waals surface area (Å²) in [7, 11) is 0. The van der Waals surface area contributed by atoms with Crippen LogP contribution in [0.3, 0.4) is 0 Å². The topological polar surface area (TPSA) is 26.3 Å². The van der Waals surface area contributed by atoms with Crippen LogP contribution in [0.2, 0.25) is 0 Å². The van der Waals surface area contributed by atoms with Crippen molar-refractivity contribution in [2.24, 2.45) is 5.92 Å². The molecule has 2 nitrogen and oxygen atoms in total. The van der Waals surface area contributed by atoms with Crippen LogP contribution in [-0.2, 0) is 4.79 Å². The van der Waals surface area contributed by atoms with E-state index in [1.54, 1.807) is 0 Å². The van der Waals surface area contributed by atoms with Crippen LogP contribution in [-0.4, -0.2) is 5.97 Å². The number of esters is 1. The molecule has 2 aromatic carbocycles. The number of aryl methyl sites for hydroxylation is 1. The molecule has 2 heteroatoms. The third kappa shape index (κ3) is 5.69. The van der Waals surface area contributed by atoms with Gasteiger partial charge in [0.1, 0.15) is 5.75 Å². The van der Waals surface area contributed by atoms with Crippen LogP contribution in [0, 0.1) is 12.8 Å². The average Bonchev–Trinajstić information content (AvgIpc) is 2.69. The van der Waals surface area contributed by atoms with Crippen molar-refractivity contribution >= 4 is 5.97 Å². The maximum Gasteiger partial charge on any atom is 0.314 e. The number of carbonyl (C=O) groups excluding carboxylic acids is 1. The molecule has 0 fully saturated rings. The van der Waals surface area contributed by atoms with Crippen molar-refractivity contribution in [1.29, 1.82) is 0 Å². The summed E-state index contributed by atoms with van der Waals surface area (Å²) in [5.41, 5.74) is 6.38. The second-order valence-corrected chi connectivity index (χ2v) is 7.97. The predicted molar refractivity (Wildman–Crippen MR) is 116 cm³/mol. The molecule has 0 spiro atoms. The maximum atomic E-state index is 12.5. The van der Waals surface area contributed by atoms with E-state index >= 15 is 0 Å². The van der Waals surface area contributed by atoms with Crippen molar-refractivity contribution in [3.05, 3.63) is 77.4 Å². The van der Waals surface area contributed by atoms with Gasteiger partial charge in [0.05, 0.1) is 5.92 Å². The molecule has 0 saturated heterocycles. The summed E-state index contributed by atoms with van der Waals surface area (Å²) < 4.78 is 5.63. The van der Waals surface area contributed by atoms with Gasteiger partial charge in [-0.2, -0.15) is 0 Å². The van der Waals surface area contributed by atoms with Crippen molar-refractivity contribution in [2.45, 2.75) is 52.9 Å². The predicted octanol–water partition coefficient (Wildman–Crippen LogP) is 7.04. The molecule has 1 unspecified atom stereocenters. The van der Waals surface area contributed by atoms with E-state index in [4.69, 9.17) is 4.74 Å². The molecule has 0 saturated carbocycles. The summed E-state index contributed by atoms with van der Waals surface area (Å²) in [4.78, 5) is 12.5. The van der Waals surface area contributed by atoms with E-state index in [2.05, 4.69) is 57.2 Å². The first-order valence-corrected chi connectivity index (χ1v) is 10.2. The van der Waals surface area contributed by atoms with Crippen LogP contribution < -0.4 is 4.74 Å². The molecule has 3 rings (SSSR count). The number of hydrogen-bond donors (Lipinski definition) is 0. The van der Waals surface area contributed by atoms with Gasteiger partial charge in [-0.3, -0.25) is 4.79 Å². The summed E-state index contributed by atoms with van der Waals surface area (Å²) >= 11 is 0. The molecule has 28 heavy (non-hydrogen) atoms. The molecule has 1 aliphatic rings. The summed E-state index contributed by atoms with van der Waals surface area (Å²) in [6.07, 6.45) is 9.41. The quantitative estimate of drug-likeness (QED) is 0.308. The minimum atomic E-state index is -0.109. The van der Waals surface area contributed by atoms with Crippen LogP contribution in [0.5, 0.6) is 5.75 Å². The van der Waals surface area contributed by atoms with Gasteiger partial charge < -0.3 is 4.74 Å². The minimum absolute atomic E-state index is 0.0241. The molecular weight excluding hydrogens is 344 g/mol. The molecule has 1 atom stereocenters. The van der Waals surface area contributed by atoms with Gasteiger partial charge in [0.15, 0.2) is 0 Å². The Hall–Kier alpha value is -2.61. The van der Waals surface area contributed by atoms with Gasteiger partial charge in [0, 0.05) is 0 Å². The van der Waals surface area contributed by atoms with Crippen molar-refractivity contribution in [1.82, 2.24) is 0 Å². The minimum Gasteiger partial charge on any atom is -0.426 e. The summed E-state index contributed by atoms with van der Waals surface area (Å²) in [6, 6.07) is 16.2. The first kappa shape index (κ1) is 20.1. The lowest BCUT2D eigenvalue weighted by atomic mass is 9.88. The van der Waals surface area contributed by atoms with Gasteiger partial charge in [-0.25, -0.2) is 0 Å². The lowest BCUT2D eigenvalue weighted by molar-refractivity contribution is -0.139. The second kappa shape index (κ2) is 9.54. The zero-order valence-corrected chi connectivity index (χ0v) is 17.2. The molecule has 0 aliphatic heterocycles. The van der Waals surface area contributed by atoms with Crippen molar-refractivity contribution in [2.75, 3.05) is 0 Å². The Kier molecular flexibility index (Phi) is 6.86. The fourth-order valence-electron chi connectivity index (χ4n) is 3.54. The van der Waals surface area contributed by atoms with Crippen LogP contribution in [0.1, 0.15) is 51.5 Å². The SMILES string of the molecule is CC(C)=CCCC1=CCC(C(=O)Oc2ccc(-c3ccc(C)cc3)cc2)CC1. The zero-order chi connectivity index (χ0) is 19.9. The van der Waals surface area contributed by atoms with Gasteiger partial charge >= 0.3 is 5.97 Å².